The summed E-state index contributed by atoms with van der Waals surface area (Å²) in [6, 6.07) is 9.70. The molecule has 2 heterocycles. The number of nitrogens with zero attached hydrogens (tertiary/aromatic N) is 2. The van der Waals surface area contributed by atoms with Crippen LogP contribution in [0.15, 0.2) is 63.5 Å². The topological polar surface area (TPSA) is 96.2 Å². The van der Waals surface area contributed by atoms with E-state index in [2.05, 4.69) is 4.99 Å². The first-order chi connectivity index (χ1) is 17.2. The van der Waals surface area contributed by atoms with Crippen LogP contribution in [0.1, 0.15) is 37.9 Å². The van der Waals surface area contributed by atoms with Crippen LogP contribution >= 0.6 is 11.3 Å². The second-order valence-electron chi connectivity index (χ2n) is 7.86. The lowest BCUT2D eigenvalue weighted by molar-refractivity contribution is -0.139. The molecule has 8 nitrogen and oxygen atoms in total. The van der Waals surface area contributed by atoms with E-state index in [1.807, 2.05) is 0 Å². The van der Waals surface area contributed by atoms with Gasteiger partial charge in [-0.05, 0) is 55.3 Å². The van der Waals surface area contributed by atoms with E-state index in [4.69, 9.17) is 14.2 Å². The monoisotopic (exact) mass is 510 g/mol. The predicted octanol–water partition coefficient (Wildman–Crippen LogP) is 2.87. The molecule has 0 spiro atoms. The fourth-order valence-corrected chi connectivity index (χ4v) is 4.96. The van der Waals surface area contributed by atoms with Gasteiger partial charge in [0.1, 0.15) is 5.82 Å². The molecule has 0 aliphatic carbocycles. The number of carbonyl (C=O) groups is 2. The minimum atomic E-state index is -0.865. The number of allylic oxidation sites excluding steroid dienone is 1. The number of halogens is 1. The van der Waals surface area contributed by atoms with E-state index in [1.165, 1.54) is 30.7 Å². The molecule has 0 unspecified atom stereocenters. The van der Waals surface area contributed by atoms with Crippen molar-refractivity contribution < 1.29 is 28.2 Å². The molecule has 0 radical (unpaired) electrons. The summed E-state index contributed by atoms with van der Waals surface area (Å²) in [5.41, 5.74) is 1.43. The van der Waals surface area contributed by atoms with Crippen molar-refractivity contribution in [3.8, 4) is 11.5 Å². The Morgan fingerprint density at radius 1 is 1.17 bits per heavy atom. The molecule has 0 N–H and O–H groups in total. The smallest absolute Gasteiger partial charge is 0.338 e. The highest BCUT2D eigenvalue weighted by Crippen LogP contribution is 2.36. The van der Waals surface area contributed by atoms with Crippen LogP contribution in [-0.2, 0) is 14.3 Å². The lowest BCUT2D eigenvalue weighted by Crippen LogP contribution is -2.40. The Morgan fingerprint density at radius 2 is 1.89 bits per heavy atom. The summed E-state index contributed by atoms with van der Waals surface area (Å²) < 4.78 is 31.0. The van der Waals surface area contributed by atoms with Crippen LogP contribution in [0.2, 0.25) is 0 Å². The summed E-state index contributed by atoms with van der Waals surface area (Å²) in [4.78, 5) is 43.0. The molecule has 0 saturated heterocycles. The van der Waals surface area contributed by atoms with Crippen LogP contribution in [0.3, 0.4) is 0 Å². The van der Waals surface area contributed by atoms with Crippen molar-refractivity contribution >= 4 is 29.4 Å². The highest BCUT2D eigenvalue weighted by molar-refractivity contribution is 7.07. The summed E-state index contributed by atoms with van der Waals surface area (Å²) in [6.07, 6.45) is 1.65. The molecule has 0 fully saturated rings. The van der Waals surface area contributed by atoms with Gasteiger partial charge in [-0.1, -0.05) is 29.5 Å². The SMILES string of the molecule is CCOC(=O)C1=C(C)N=c2s/c(=C/c3ccc(F)cc3)c(=O)n2[C@@H]1c1ccc(OC(C)=O)c(OC)c1. The van der Waals surface area contributed by atoms with Crippen LogP contribution in [0.25, 0.3) is 6.08 Å². The Hall–Kier alpha value is -4.05. The molecule has 4 rings (SSSR count). The lowest BCUT2D eigenvalue weighted by Gasteiger charge is -2.25. The van der Waals surface area contributed by atoms with Crippen LogP contribution in [0.5, 0.6) is 11.5 Å². The first-order valence-corrected chi connectivity index (χ1v) is 11.9. The molecule has 1 aliphatic heterocycles. The number of aromatic nitrogens is 1. The Bertz CT molecular complexity index is 1550. The number of fused-ring (bicyclic) bond motifs is 1. The minimum absolute atomic E-state index is 0.145. The quantitative estimate of drug-likeness (QED) is 0.374. The predicted molar refractivity (Wildman–Crippen MR) is 131 cm³/mol. The molecule has 0 saturated carbocycles. The number of thiazole rings is 1. The third-order valence-corrected chi connectivity index (χ3v) is 6.42. The Balaban J connectivity index is 1.94. The highest BCUT2D eigenvalue weighted by Gasteiger charge is 2.34. The summed E-state index contributed by atoms with van der Waals surface area (Å²) in [6.45, 7) is 4.79. The van der Waals surface area contributed by atoms with E-state index < -0.39 is 18.0 Å². The number of methoxy groups -OCH3 is 1. The molecule has 0 bridgehead atoms. The molecular weight excluding hydrogens is 487 g/mol. The van der Waals surface area contributed by atoms with Crippen LogP contribution < -0.4 is 24.4 Å². The molecule has 2 aromatic carbocycles. The zero-order chi connectivity index (χ0) is 26.0. The molecule has 3 aromatic rings. The van der Waals surface area contributed by atoms with Crippen molar-refractivity contribution in [1.82, 2.24) is 4.57 Å². The van der Waals surface area contributed by atoms with Crippen molar-refractivity contribution in [2.45, 2.75) is 26.8 Å². The van der Waals surface area contributed by atoms with Gasteiger partial charge in [-0.3, -0.25) is 14.2 Å². The third-order valence-electron chi connectivity index (χ3n) is 5.44. The molecule has 36 heavy (non-hydrogen) atoms. The summed E-state index contributed by atoms with van der Waals surface area (Å²) in [7, 11) is 1.42. The third kappa shape index (κ3) is 4.85. The maximum Gasteiger partial charge on any atom is 0.338 e. The Morgan fingerprint density at radius 3 is 2.53 bits per heavy atom. The largest absolute Gasteiger partial charge is 0.493 e. The van der Waals surface area contributed by atoms with Gasteiger partial charge in [-0.25, -0.2) is 14.2 Å². The molecule has 1 aromatic heterocycles. The van der Waals surface area contributed by atoms with E-state index in [9.17, 15) is 18.8 Å². The molecule has 1 atom stereocenters. The average molecular weight is 511 g/mol. The van der Waals surface area contributed by atoms with Gasteiger partial charge in [0, 0.05) is 6.92 Å². The fraction of sp³-hybridized carbons (Fsp3) is 0.231. The second kappa shape index (κ2) is 10.3. The van der Waals surface area contributed by atoms with Crippen molar-refractivity contribution in [2.24, 2.45) is 4.99 Å². The van der Waals surface area contributed by atoms with Crippen LogP contribution in [0, 0.1) is 5.82 Å². The summed E-state index contributed by atoms with van der Waals surface area (Å²) in [5.74, 6) is -1.03. The normalized spacial score (nSPS) is 15.2. The number of esters is 2. The van der Waals surface area contributed by atoms with Crippen molar-refractivity contribution in [3.63, 3.8) is 0 Å². The van der Waals surface area contributed by atoms with Gasteiger partial charge in [-0.15, -0.1) is 0 Å². The van der Waals surface area contributed by atoms with Gasteiger partial charge in [0.25, 0.3) is 5.56 Å². The van der Waals surface area contributed by atoms with Gasteiger partial charge in [0.05, 0.1) is 35.6 Å². The summed E-state index contributed by atoms with van der Waals surface area (Å²) >= 11 is 1.16. The second-order valence-corrected chi connectivity index (χ2v) is 8.87. The van der Waals surface area contributed by atoms with Crippen molar-refractivity contribution in [3.05, 3.63) is 90.4 Å². The maximum atomic E-state index is 13.6. The van der Waals surface area contributed by atoms with Crippen LogP contribution in [0.4, 0.5) is 4.39 Å². The summed E-state index contributed by atoms with van der Waals surface area (Å²) in [5, 5.41) is 0. The molecular formula is C26H23FN2O6S. The average Bonchev–Trinajstić information content (AvgIpc) is 3.14. The minimum Gasteiger partial charge on any atom is -0.493 e. The van der Waals surface area contributed by atoms with E-state index in [1.54, 1.807) is 50.3 Å². The van der Waals surface area contributed by atoms with E-state index in [0.717, 1.165) is 11.3 Å². The van der Waals surface area contributed by atoms with Gasteiger partial charge in [0.2, 0.25) is 0 Å². The van der Waals surface area contributed by atoms with E-state index in [-0.39, 0.29) is 35.1 Å². The molecule has 10 heteroatoms. The zero-order valence-corrected chi connectivity index (χ0v) is 20.8. The Labute approximate surface area is 209 Å². The van der Waals surface area contributed by atoms with Gasteiger partial charge < -0.3 is 14.2 Å². The van der Waals surface area contributed by atoms with Gasteiger partial charge in [-0.2, -0.15) is 0 Å². The Kier molecular flexibility index (Phi) is 7.16. The zero-order valence-electron chi connectivity index (χ0n) is 20.0. The van der Waals surface area contributed by atoms with Gasteiger partial charge in [0.15, 0.2) is 16.3 Å². The first kappa shape index (κ1) is 25.1. The fourth-order valence-electron chi connectivity index (χ4n) is 3.91. The number of carbonyl (C=O) groups excluding carboxylic acids is 2. The van der Waals surface area contributed by atoms with E-state index in [0.29, 0.717) is 26.2 Å². The number of hydrogen-bond acceptors (Lipinski definition) is 8. The first-order valence-electron chi connectivity index (χ1n) is 11.0. The molecule has 0 amide bonds. The highest BCUT2D eigenvalue weighted by atomic mass is 32.1. The van der Waals surface area contributed by atoms with Crippen molar-refractivity contribution in [1.29, 1.82) is 0 Å². The maximum absolute atomic E-state index is 13.6. The molecule has 186 valence electrons. The van der Waals surface area contributed by atoms with Crippen LogP contribution in [-0.4, -0.2) is 30.2 Å². The number of ether oxygens (including phenoxy) is 3. The molecule has 1 aliphatic rings. The number of rotatable bonds is 6. The number of benzene rings is 2. The van der Waals surface area contributed by atoms with E-state index >= 15 is 0 Å². The standard InChI is InChI=1S/C26H23FN2O6S/c1-5-34-25(32)22-14(2)28-26-29(24(31)21(36-26)12-16-6-9-18(27)10-7-16)23(22)17-8-11-19(35-15(3)30)20(13-17)33-4/h6-13,23H,5H2,1-4H3/b21-12+/t23-/m1/s1. The lowest BCUT2D eigenvalue weighted by atomic mass is 9.95. The van der Waals surface area contributed by atoms with Crippen molar-refractivity contribution in [2.75, 3.05) is 13.7 Å². The van der Waals surface area contributed by atoms with Gasteiger partial charge >= 0.3 is 11.9 Å². The number of hydrogen-bond donors (Lipinski definition) is 0.